The van der Waals surface area contributed by atoms with Crippen molar-refractivity contribution in [2.24, 2.45) is 0 Å². The Kier molecular flexibility index (Phi) is 4.65. The Labute approximate surface area is 115 Å². The smallest absolute Gasteiger partial charge is 0.254 e. The molecule has 0 fully saturated rings. The summed E-state index contributed by atoms with van der Waals surface area (Å²) in [4.78, 5) is 11.9. The molecule has 0 aliphatic rings. The van der Waals surface area contributed by atoms with E-state index < -0.39 is 11.7 Å². The number of carbonyl (C=O) groups excluding carboxylic acids is 1. The van der Waals surface area contributed by atoms with Crippen molar-refractivity contribution < 1.29 is 13.9 Å². The molecule has 2 rings (SSSR count). The number of methoxy groups -OCH3 is 1. The lowest BCUT2D eigenvalue weighted by molar-refractivity contribution is 0.0826. The number of nitrogens with one attached hydrogen (secondary N) is 1. The second-order valence-corrected chi connectivity index (χ2v) is 4.75. The molecule has 0 radical (unpaired) electrons. The fourth-order valence-electron chi connectivity index (χ4n) is 1.72. The Balaban J connectivity index is 1.98. The molecule has 19 heavy (non-hydrogen) atoms. The summed E-state index contributed by atoms with van der Waals surface area (Å²) in [6, 6.07) is 7.84. The third-order valence-electron chi connectivity index (χ3n) is 2.77. The lowest BCUT2D eigenvalue weighted by atomic mass is 10.1. The lowest BCUT2D eigenvalue weighted by Crippen LogP contribution is -2.29. The van der Waals surface area contributed by atoms with Gasteiger partial charge in [-0.15, -0.1) is 0 Å². The number of thiophene rings is 1. The van der Waals surface area contributed by atoms with Crippen LogP contribution in [0, 0.1) is 5.82 Å². The van der Waals surface area contributed by atoms with E-state index in [1.54, 1.807) is 30.6 Å². The molecule has 100 valence electrons. The van der Waals surface area contributed by atoms with Crippen molar-refractivity contribution in [2.75, 3.05) is 13.7 Å². The SMILES string of the molecule is CO[C@H](CNC(=O)c1ccccc1F)c1ccsc1. The normalized spacial score (nSPS) is 12.1. The maximum absolute atomic E-state index is 13.4. The Morgan fingerprint density at radius 1 is 1.42 bits per heavy atom. The quantitative estimate of drug-likeness (QED) is 0.913. The highest BCUT2D eigenvalue weighted by Crippen LogP contribution is 2.18. The fraction of sp³-hybridized carbons (Fsp3) is 0.214. The third-order valence-corrected chi connectivity index (χ3v) is 3.47. The largest absolute Gasteiger partial charge is 0.375 e. The van der Waals surface area contributed by atoms with Crippen LogP contribution in [0.4, 0.5) is 4.39 Å². The van der Waals surface area contributed by atoms with Crippen LogP contribution in [0.3, 0.4) is 0 Å². The van der Waals surface area contributed by atoms with Gasteiger partial charge >= 0.3 is 0 Å². The van der Waals surface area contributed by atoms with Crippen molar-refractivity contribution in [3.05, 3.63) is 58.0 Å². The zero-order chi connectivity index (χ0) is 13.7. The van der Waals surface area contributed by atoms with Gasteiger partial charge in [0.1, 0.15) is 11.9 Å². The van der Waals surface area contributed by atoms with E-state index in [4.69, 9.17) is 4.74 Å². The number of ether oxygens (including phenoxy) is 1. The number of carbonyl (C=O) groups is 1. The molecular weight excluding hydrogens is 265 g/mol. The number of amides is 1. The van der Waals surface area contributed by atoms with Gasteiger partial charge in [-0.25, -0.2) is 4.39 Å². The van der Waals surface area contributed by atoms with Crippen LogP contribution in [0.1, 0.15) is 22.0 Å². The van der Waals surface area contributed by atoms with Gasteiger partial charge in [0.2, 0.25) is 0 Å². The van der Waals surface area contributed by atoms with E-state index >= 15 is 0 Å². The first-order valence-corrected chi connectivity index (χ1v) is 6.74. The monoisotopic (exact) mass is 279 g/mol. The van der Waals surface area contributed by atoms with Crippen LogP contribution in [0.5, 0.6) is 0 Å². The minimum Gasteiger partial charge on any atom is -0.375 e. The van der Waals surface area contributed by atoms with E-state index in [2.05, 4.69) is 5.32 Å². The van der Waals surface area contributed by atoms with E-state index in [1.807, 2.05) is 16.8 Å². The van der Waals surface area contributed by atoms with Gasteiger partial charge in [-0.05, 0) is 34.5 Å². The standard InChI is InChI=1S/C14H14FNO2S/c1-18-13(10-6-7-19-9-10)8-16-14(17)11-4-2-3-5-12(11)15/h2-7,9,13H,8H2,1H3,(H,16,17)/t13-/m1/s1. The second kappa shape index (κ2) is 6.45. The predicted octanol–water partition coefficient (Wildman–Crippen LogP) is 3.00. The van der Waals surface area contributed by atoms with Crippen LogP contribution < -0.4 is 5.32 Å². The van der Waals surface area contributed by atoms with E-state index in [0.29, 0.717) is 6.54 Å². The molecule has 1 amide bonds. The molecular formula is C14H14FNO2S. The second-order valence-electron chi connectivity index (χ2n) is 3.97. The minimum atomic E-state index is -0.524. The van der Waals surface area contributed by atoms with Crippen LogP contribution in [0.25, 0.3) is 0 Å². The van der Waals surface area contributed by atoms with Gasteiger partial charge in [0.25, 0.3) is 5.91 Å². The van der Waals surface area contributed by atoms with E-state index in [-0.39, 0.29) is 11.7 Å². The summed E-state index contributed by atoms with van der Waals surface area (Å²) >= 11 is 1.56. The molecule has 0 aliphatic heterocycles. The molecule has 0 bridgehead atoms. The van der Waals surface area contributed by atoms with Crippen LogP contribution in [0.2, 0.25) is 0 Å². The highest BCUT2D eigenvalue weighted by molar-refractivity contribution is 7.07. The highest BCUT2D eigenvalue weighted by atomic mass is 32.1. The van der Waals surface area contributed by atoms with Crippen molar-refractivity contribution >= 4 is 17.2 Å². The van der Waals surface area contributed by atoms with Gasteiger partial charge in [-0.2, -0.15) is 11.3 Å². The topological polar surface area (TPSA) is 38.3 Å². The summed E-state index contributed by atoms with van der Waals surface area (Å²) in [5.74, 6) is -0.958. The van der Waals surface area contributed by atoms with Crippen molar-refractivity contribution in [1.82, 2.24) is 5.32 Å². The zero-order valence-corrected chi connectivity index (χ0v) is 11.2. The molecule has 1 aromatic carbocycles. The van der Waals surface area contributed by atoms with Crippen LogP contribution in [-0.4, -0.2) is 19.6 Å². The number of hydrogen-bond acceptors (Lipinski definition) is 3. The number of benzene rings is 1. The van der Waals surface area contributed by atoms with Gasteiger partial charge in [0.05, 0.1) is 5.56 Å². The van der Waals surface area contributed by atoms with Crippen molar-refractivity contribution in [3.8, 4) is 0 Å². The fourth-order valence-corrected chi connectivity index (χ4v) is 2.42. The number of hydrogen-bond donors (Lipinski definition) is 1. The van der Waals surface area contributed by atoms with Crippen molar-refractivity contribution in [1.29, 1.82) is 0 Å². The van der Waals surface area contributed by atoms with Gasteiger partial charge in [-0.1, -0.05) is 12.1 Å². The Bertz CT molecular complexity index is 542. The molecule has 0 unspecified atom stereocenters. The van der Waals surface area contributed by atoms with E-state index in [1.165, 1.54) is 12.1 Å². The summed E-state index contributed by atoms with van der Waals surface area (Å²) in [6.07, 6.45) is -0.220. The molecule has 1 N–H and O–H groups in total. The van der Waals surface area contributed by atoms with Gasteiger partial charge in [0.15, 0.2) is 0 Å². The first kappa shape index (κ1) is 13.7. The predicted molar refractivity (Wildman–Crippen MR) is 72.8 cm³/mol. The lowest BCUT2D eigenvalue weighted by Gasteiger charge is -2.15. The molecule has 1 aromatic heterocycles. The van der Waals surface area contributed by atoms with Crippen LogP contribution in [0.15, 0.2) is 41.1 Å². The van der Waals surface area contributed by atoms with Gasteiger partial charge < -0.3 is 10.1 Å². The number of rotatable bonds is 5. The zero-order valence-electron chi connectivity index (χ0n) is 10.4. The van der Waals surface area contributed by atoms with Crippen molar-refractivity contribution in [2.45, 2.75) is 6.10 Å². The van der Waals surface area contributed by atoms with E-state index in [9.17, 15) is 9.18 Å². The summed E-state index contributed by atoms with van der Waals surface area (Å²) in [6.45, 7) is 0.306. The molecule has 1 atom stereocenters. The summed E-state index contributed by atoms with van der Waals surface area (Å²) in [5, 5.41) is 6.59. The Hall–Kier alpha value is -1.72. The Morgan fingerprint density at radius 3 is 2.84 bits per heavy atom. The molecule has 0 spiro atoms. The first-order chi connectivity index (χ1) is 9.22. The maximum atomic E-state index is 13.4. The molecule has 0 saturated carbocycles. The third kappa shape index (κ3) is 3.39. The van der Waals surface area contributed by atoms with Crippen LogP contribution >= 0.6 is 11.3 Å². The molecule has 2 aromatic rings. The minimum absolute atomic E-state index is 0.0441. The maximum Gasteiger partial charge on any atom is 0.254 e. The summed E-state index contributed by atoms with van der Waals surface area (Å²) in [7, 11) is 1.58. The van der Waals surface area contributed by atoms with Gasteiger partial charge in [0, 0.05) is 13.7 Å². The van der Waals surface area contributed by atoms with E-state index in [0.717, 1.165) is 5.56 Å². The van der Waals surface area contributed by atoms with Gasteiger partial charge in [-0.3, -0.25) is 4.79 Å². The molecule has 0 aliphatic carbocycles. The molecule has 5 heteroatoms. The number of halogens is 1. The van der Waals surface area contributed by atoms with Crippen LogP contribution in [-0.2, 0) is 4.74 Å². The van der Waals surface area contributed by atoms with Crippen molar-refractivity contribution in [3.63, 3.8) is 0 Å². The molecule has 3 nitrogen and oxygen atoms in total. The molecule has 0 saturated heterocycles. The summed E-state index contributed by atoms with van der Waals surface area (Å²) < 4.78 is 18.7. The highest BCUT2D eigenvalue weighted by Gasteiger charge is 2.15. The Morgan fingerprint density at radius 2 is 2.21 bits per heavy atom. The molecule has 1 heterocycles. The average molecular weight is 279 g/mol. The average Bonchev–Trinajstić information content (AvgIpc) is 2.94. The summed E-state index contributed by atoms with van der Waals surface area (Å²) in [5.41, 5.74) is 1.05. The first-order valence-electron chi connectivity index (χ1n) is 5.80.